The second-order valence-corrected chi connectivity index (χ2v) is 3.89. The molecule has 0 fully saturated rings. The molecule has 0 aromatic rings. The molecular formula is C14H18N2O6. The predicted octanol–water partition coefficient (Wildman–Crippen LogP) is -0.0714. The minimum atomic E-state index is -0.723. The van der Waals surface area contributed by atoms with Crippen LogP contribution in [0, 0.1) is 0 Å². The maximum absolute atomic E-state index is 11.4. The van der Waals surface area contributed by atoms with Crippen molar-refractivity contribution in [3.63, 3.8) is 0 Å². The normalized spacial score (nSPS) is 11.8. The SMILES string of the molecule is COC(=O)/C(=C/C=C/C=C(/NC(C)=O)C(=O)OC)NC(C)=O. The van der Waals surface area contributed by atoms with Crippen molar-refractivity contribution in [3.05, 3.63) is 35.7 Å². The molecule has 0 aliphatic rings. The van der Waals surface area contributed by atoms with E-state index in [2.05, 4.69) is 20.1 Å². The number of allylic oxidation sites excluding steroid dienone is 4. The highest BCUT2D eigenvalue weighted by atomic mass is 16.5. The summed E-state index contributed by atoms with van der Waals surface area (Å²) in [5, 5.41) is 4.60. The van der Waals surface area contributed by atoms with Crippen LogP contribution in [0.2, 0.25) is 0 Å². The summed E-state index contributed by atoms with van der Waals surface area (Å²) in [6.45, 7) is 2.49. The molecule has 0 rings (SSSR count). The van der Waals surface area contributed by atoms with Crippen LogP contribution in [0.1, 0.15) is 13.8 Å². The molecular weight excluding hydrogens is 292 g/mol. The van der Waals surface area contributed by atoms with Crippen molar-refractivity contribution in [2.24, 2.45) is 0 Å². The van der Waals surface area contributed by atoms with Crippen molar-refractivity contribution in [1.29, 1.82) is 0 Å². The number of rotatable bonds is 6. The summed E-state index contributed by atoms with van der Waals surface area (Å²) in [6, 6.07) is 0. The van der Waals surface area contributed by atoms with E-state index in [1.807, 2.05) is 0 Å². The van der Waals surface area contributed by atoms with Gasteiger partial charge in [0, 0.05) is 13.8 Å². The van der Waals surface area contributed by atoms with Gasteiger partial charge >= 0.3 is 11.9 Å². The number of carbonyl (C=O) groups excluding carboxylic acids is 4. The zero-order valence-corrected chi connectivity index (χ0v) is 12.8. The van der Waals surface area contributed by atoms with E-state index in [-0.39, 0.29) is 11.4 Å². The first kappa shape index (κ1) is 19.1. The third-order valence-electron chi connectivity index (χ3n) is 2.07. The van der Waals surface area contributed by atoms with Gasteiger partial charge in [-0.15, -0.1) is 0 Å². The van der Waals surface area contributed by atoms with Crippen LogP contribution in [0.5, 0.6) is 0 Å². The third-order valence-corrected chi connectivity index (χ3v) is 2.07. The zero-order chi connectivity index (χ0) is 17.1. The summed E-state index contributed by atoms with van der Waals surface area (Å²) in [4.78, 5) is 44.7. The lowest BCUT2D eigenvalue weighted by atomic mass is 10.3. The first-order chi connectivity index (χ1) is 10.3. The summed E-state index contributed by atoms with van der Waals surface area (Å²) < 4.78 is 8.99. The third kappa shape index (κ3) is 7.63. The molecule has 0 atom stereocenters. The summed E-state index contributed by atoms with van der Waals surface area (Å²) in [7, 11) is 2.35. The summed E-state index contributed by atoms with van der Waals surface area (Å²) >= 11 is 0. The number of hydrogen-bond donors (Lipinski definition) is 2. The molecule has 0 aliphatic heterocycles. The van der Waals surface area contributed by atoms with Crippen LogP contribution in [0.3, 0.4) is 0 Å². The first-order valence-corrected chi connectivity index (χ1v) is 6.12. The average molecular weight is 310 g/mol. The van der Waals surface area contributed by atoms with E-state index in [0.29, 0.717) is 0 Å². The number of amides is 2. The van der Waals surface area contributed by atoms with Gasteiger partial charge in [-0.1, -0.05) is 12.2 Å². The van der Waals surface area contributed by atoms with Gasteiger partial charge in [-0.2, -0.15) is 0 Å². The fraction of sp³-hybridized carbons (Fsp3) is 0.286. The van der Waals surface area contributed by atoms with Crippen LogP contribution in [-0.4, -0.2) is 38.0 Å². The lowest BCUT2D eigenvalue weighted by molar-refractivity contribution is -0.138. The van der Waals surface area contributed by atoms with Gasteiger partial charge in [-0.05, 0) is 12.2 Å². The molecule has 0 spiro atoms. The Hall–Kier alpha value is -2.90. The smallest absolute Gasteiger partial charge is 0.354 e. The van der Waals surface area contributed by atoms with E-state index >= 15 is 0 Å². The van der Waals surface area contributed by atoms with Crippen molar-refractivity contribution in [1.82, 2.24) is 10.6 Å². The summed E-state index contributed by atoms with van der Waals surface area (Å²) in [5.74, 6) is -2.32. The maximum atomic E-state index is 11.4. The maximum Gasteiger partial charge on any atom is 0.354 e. The molecule has 0 bridgehead atoms. The minimum Gasteiger partial charge on any atom is -0.464 e. The molecule has 22 heavy (non-hydrogen) atoms. The second-order valence-electron chi connectivity index (χ2n) is 3.89. The van der Waals surface area contributed by atoms with Gasteiger partial charge in [0.15, 0.2) is 0 Å². The molecule has 0 saturated carbocycles. The van der Waals surface area contributed by atoms with Gasteiger partial charge in [0.25, 0.3) is 0 Å². The van der Waals surface area contributed by atoms with Crippen LogP contribution in [-0.2, 0) is 28.7 Å². The molecule has 0 unspecified atom stereocenters. The molecule has 120 valence electrons. The molecule has 0 aromatic carbocycles. The van der Waals surface area contributed by atoms with Gasteiger partial charge in [0.1, 0.15) is 11.4 Å². The highest BCUT2D eigenvalue weighted by Gasteiger charge is 2.10. The standard InChI is InChI=1S/C14H18N2O6/c1-9(17)15-11(13(19)21-3)7-5-6-8-12(14(20)22-4)16-10(2)18/h5-8H,1-4H3,(H,15,17)(H,16,18)/b6-5+,11-7-,12-8+. The lowest BCUT2D eigenvalue weighted by Gasteiger charge is -2.04. The van der Waals surface area contributed by atoms with E-state index in [0.717, 1.165) is 0 Å². The molecule has 0 aromatic heterocycles. The van der Waals surface area contributed by atoms with Gasteiger partial charge < -0.3 is 20.1 Å². The molecule has 0 heterocycles. The fourth-order valence-corrected chi connectivity index (χ4v) is 1.22. The molecule has 8 nitrogen and oxygen atoms in total. The van der Waals surface area contributed by atoms with Crippen molar-refractivity contribution in [3.8, 4) is 0 Å². The first-order valence-electron chi connectivity index (χ1n) is 6.12. The number of hydrogen-bond acceptors (Lipinski definition) is 6. The summed E-state index contributed by atoms with van der Waals surface area (Å²) in [6.07, 6.45) is 5.33. The molecule has 0 aliphatic carbocycles. The Morgan fingerprint density at radius 1 is 0.727 bits per heavy atom. The van der Waals surface area contributed by atoms with Crippen LogP contribution in [0.4, 0.5) is 0 Å². The molecule has 0 radical (unpaired) electrons. The quantitative estimate of drug-likeness (QED) is 0.403. The Morgan fingerprint density at radius 2 is 1.05 bits per heavy atom. The number of ether oxygens (including phenoxy) is 2. The summed E-state index contributed by atoms with van der Waals surface area (Å²) in [5.41, 5.74) is -0.141. The topological polar surface area (TPSA) is 111 Å². The van der Waals surface area contributed by atoms with Crippen molar-refractivity contribution in [2.45, 2.75) is 13.8 Å². The van der Waals surface area contributed by atoms with E-state index in [9.17, 15) is 19.2 Å². The Bertz CT molecular complexity index is 498. The molecule has 2 amide bonds. The molecule has 2 N–H and O–H groups in total. The Morgan fingerprint density at radius 3 is 1.27 bits per heavy atom. The Labute approximate surface area is 127 Å². The number of methoxy groups -OCH3 is 2. The monoisotopic (exact) mass is 310 g/mol. The van der Waals surface area contributed by atoms with Gasteiger partial charge in [0.05, 0.1) is 14.2 Å². The van der Waals surface area contributed by atoms with Crippen molar-refractivity contribution >= 4 is 23.8 Å². The van der Waals surface area contributed by atoms with E-state index in [4.69, 9.17) is 0 Å². The molecule has 0 saturated heterocycles. The predicted molar refractivity (Wildman–Crippen MR) is 77.0 cm³/mol. The Kier molecular flexibility index (Phi) is 8.61. The zero-order valence-electron chi connectivity index (χ0n) is 12.8. The number of nitrogens with one attached hydrogen (secondary N) is 2. The minimum absolute atomic E-state index is 0.0706. The van der Waals surface area contributed by atoms with Crippen molar-refractivity contribution in [2.75, 3.05) is 14.2 Å². The molecule has 8 heteroatoms. The second kappa shape index (κ2) is 9.92. The van der Waals surface area contributed by atoms with Gasteiger partial charge in [-0.3, -0.25) is 9.59 Å². The largest absolute Gasteiger partial charge is 0.464 e. The van der Waals surface area contributed by atoms with E-state index in [1.54, 1.807) is 0 Å². The van der Waals surface area contributed by atoms with Crippen LogP contribution < -0.4 is 10.6 Å². The highest BCUT2D eigenvalue weighted by Crippen LogP contribution is 1.97. The van der Waals surface area contributed by atoms with Crippen molar-refractivity contribution < 1.29 is 28.7 Å². The van der Waals surface area contributed by atoms with Crippen LogP contribution >= 0.6 is 0 Å². The highest BCUT2D eigenvalue weighted by molar-refractivity contribution is 5.94. The van der Waals surface area contributed by atoms with Crippen LogP contribution in [0.25, 0.3) is 0 Å². The van der Waals surface area contributed by atoms with E-state index in [1.165, 1.54) is 52.4 Å². The van der Waals surface area contributed by atoms with Gasteiger partial charge in [-0.25, -0.2) is 9.59 Å². The number of esters is 2. The lowest BCUT2D eigenvalue weighted by Crippen LogP contribution is -2.25. The number of carbonyl (C=O) groups is 4. The average Bonchev–Trinajstić information content (AvgIpc) is 2.46. The Balaban J connectivity index is 5.16. The van der Waals surface area contributed by atoms with Crippen LogP contribution in [0.15, 0.2) is 35.7 Å². The fourth-order valence-electron chi connectivity index (χ4n) is 1.22. The van der Waals surface area contributed by atoms with E-state index < -0.39 is 23.8 Å². The van der Waals surface area contributed by atoms with Gasteiger partial charge in [0.2, 0.25) is 11.8 Å².